The monoisotopic (exact) mass is 336 g/mol. The smallest absolute Gasteiger partial charge is 0.253 e. The van der Waals surface area contributed by atoms with Gasteiger partial charge in [-0.1, -0.05) is 45.9 Å². The number of hydrogen-bond acceptors (Lipinski definition) is 4. The van der Waals surface area contributed by atoms with E-state index in [9.17, 15) is 4.79 Å². The fourth-order valence-electron chi connectivity index (χ4n) is 2.23. The summed E-state index contributed by atoms with van der Waals surface area (Å²) in [6, 6.07) is 9.45. The molecule has 2 fully saturated rings. The molecular weight excluding hydrogens is 300 g/mol. The Morgan fingerprint density at radius 1 is 0.750 bits per heavy atom. The van der Waals surface area contributed by atoms with Crippen molar-refractivity contribution < 1.29 is 4.79 Å². The first-order valence-electron chi connectivity index (χ1n) is 9.34. The lowest BCUT2D eigenvalue weighted by Gasteiger charge is -2.27. The summed E-state index contributed by atoms with van der Waals surface area (Å²) in [5.41, 5.74) is 0.786. The van der Waals surface area contributed by atoms with Crippen molar-refractivity contribution in [3.05, 3.63) is 35.9 Å². The van der Waals surface area contributed by atoms with Gasteiger partial charge in [-0.15, -0.1) is 0 Å². The van der Waals surface area contributed by atoms with Crippen LogP contribution in [0.15, 0.2) is 30.3 Å². The molecule has 1 amide bonds. The molecule has 5 nitrogen and oxygen atoms in total. The van der Waals surface area contributed by atoms with Gasteiger partial charge in [0.25, 0.3) is 5.91 Å². The van der Waals surface area contributed by atoms with Crippen LogP contribution >= 0.6 is 0 Å². The van der Waals surface area contributed by atoms with E-state index in [4.69, 9.17) is 0 Å². The first-order valence-corrected chi connectivity index (χ1v) is 9.34. The van der Waals surface area contributed by atoms with Crippen LogP contribution in [0.25, 0.3) is 0 Å². The van der Waals surface area contributed by atoms with Gasteiger partial charge in [0.05, 0.1) is 0 Å². The summed E-state index contributed by atoms with van der Waals surface area (Å²) < 4.78 is 0. The Morgan fingerprint density at radius 3 is 1.58 bits per heavy atom. The summed E-state index contributed by atoms with van der Waals surface area (Å²) in [5, 5.41) is 9.67. The summed E-state index contributed by atoms with van der Waals surface area (Å²) in [6.45, 7) is 16.0. The van der Waals surface area contributed by atoms with Gasteiger partial charge >= 0.3 is 0 Å². The van der Waals surface area contributed by atoms with Gasteiger partial charge in [0.1, 0.15) is 0 Å². The van der Waals surface area contributed by atoms with E-state index in [0.717, 1.165) is 57.9 Å². The first-order chi connectivity index (χ1) is 11.9. The van der Waals surface area contributed by atoms with Crippen LogP contribution in [0.2, 0.25) is 0 Å². The van der Waals surface area contributed by atoms with E-state index in [1.165, 1.54) is 0 Å². The Labute approximate surface area is 148 Å². The molecule has 2 aliphatic heterocycles. The van der Waals surface area contributed by atoms with Crippen LogP contribution in [-0.2, 0) is 0 Å². The lowest BCUT2D eigenvalue weighted by atomic mass is 10.2. The van der Waals surface area contributed by atoms with Crippen molar-refractivity contribution in [1.29, 1.82) is 0 Å². The van der Waals surface area contributed by atoms with E-state index in [0.29, 0.717) is 0 Å². The molecule has 0 unspecified atom stereocenters. The quantitative estimate of drug-likeness (QED) is 0.734. The van der Waals surface area contributed by atoms with Crippen LogP contribution in [0.1, 0.15) is 38.1 Å². The minimum Gasteiger partial charge on any atom is -0.336 e. The average Bonchev–Trinajstić information content (AvgIpc) is 2.73. The highest BCUT2D eigenvalue weighted by Crippen LogP contribution is 2.05. The third kappa shape index (κ3) is 9.65. The Bertz CT molecular complexity index is 376. The van der Waals surface area contributed by atoms with Crippen molar-refractivity contribution in [1.82, 2.24) is 20.9 Å². The van der Waals surface area contributed by atoms with E-state index in [-0.39, 0.29) is 5.91 Å². The fraction of sp³-hybridized carbons (Fsp3) is 0.632. The zero-order chi connectivity index (χ0) is 18.0. The number of piperazine rings is 2. The first kappa shape index (κ1) is 22.6. The summed E-state index contributed by atoms with van der Waals surface area (Å²) in [7, 11) is 0. The third-order valence-corrected chi connectivity index (χ3v) is 3.38. The minimum absolute atomic E-state index is 0.145. The molecule has 138 valence electrons. The number of benzene rings is 1. The van der Waals surface area contributed by atoms with Crippen LogP contribution in [0.5, 0.6) is 0 Å². The molecule has 2 heterocycles. The molecule has 0 bridgehead atoms. The molecule has 2 saturated heterocycles. The normalized spacial score (nSPS) is 16.2. The second kappa shape index (κ2) is 16.4. The summed E-state index contributed by atoms with van der Waals surface area (Å²) in [4.78, 5) is 13.8. The van der Waals surface area contributed by atoms with Crippen molar-refractivity contribution in [2.75, 3.05) is 52.4 Å². The number of nitrogens with zero attached hydrogens (tertiary/aromatic N) is 1. The number of carbonyl (C=O) groups is 1. The van der Waals surface area contributed by atoms with E-state index in [1.54, 1.807) is 0 Å². The summed E-state index contributed by atoms with van der Waals surface area (Å²) >= 11 is 0. The molecule has 2 aliphatic rings. The predicted molar refractivity (Wildman–Crippen MR) is 104 cm³/mol. The maximum Gasteiger partial charge on any atom is 0.253 e. The van der Waals surface area contributed by atoms with Crippen LogP contribution in [0.4, 0.5) is 0 Å². The number of hydrogen-bond donors (Lipinski definition) is 3. The lowest BCUT2D eigenvalue weighted by Crippen LogP contribution is -2.46. The van der Waals surface area contributed by atoms with E-state index in [1.807, 2.05) is 62.9 Å². The number of amides is 1. The van der Waals surface area contributed by atoms with E-state index < -0.39 is 0 Å². The van der Waals surface area contributed by atoms with Crippen LogP contribution in [0, 0.1) is 0 Å². The Kier molecular flexibility index (Phi) is 15.4. The SMILES string of the molecule is C1CNCCN1.CC.CC.O=C(c1ccccc1)N1CCNCC1. The largest absolute Gasteiger partial charge is 0.336 e. The standard InChI is InChI=1S/C11H14N2O.C4H10N2.2C2H6/c14-11(10-4-2-1-3-5-10)13-8-6-12-7-9-13;1-2-6-4-3-5-1;2*1-2/h1-5,12H,6-9H2;5-6H,1-4H2;2*1-2H3. The number of carbonyl (C=O) groups excluding carboxylic acids is 1. The number of nitrogens with one attached hydrogen (secondary N) is 3. The molecule has 0 saturated carbocycles. The summed E-state index contributed by atoms with van der Waals surface area (Å²) in [5.74, 6) is 0.145. The highest BCUT2D eigenvalue weighted by atomic mass is 16.2. The van der Waals surface area contributed by atoms with Crippen LogP contribution in [-0.4, -0.2) is 63.2 Å². The molecular formula is C19H36N4O. The zero-order valence-electron chi connectivity index (χ0n) is 15.9. The maximum absolute atomic E-state index is 11.9. The highest BCUT2D eigenvalue weighted by Gasteiger charge is 2.16. The zero-order valence-corrected chi connectivity index (χ0v) is 15.9. The molecule has 3 rings (SSSR count). The van der Waals surface area contributed by atoms with Crippen molar-refractivity contribution in [3.8, 4) is 0 Å². The topological polar surface area (TPSA) is 56.4 Å². The minimum atomic E-state index is 0.145. The van der Waals surface area contributed by atoms with Gasteiger partial charge in [-0.25, -0.2) is 0 Å². The van der Waals surface area contributed by atoms with Crippen LogP contribution in [0.3, 0.4) is 0 Å². The van der Waals surface area contributed by atoms with Crippen molar-refractivity contribution in [2.45, 2.75) is 27.7 Å². The van der Waals surface area contributed by atoms with Crippen LogP contribution < -0.4 is 16.0 Å². The van der Waals surface area contributed by atoms with Crippen molar-refractivity contribution in [2.24, 2.45) is 0 Å². The Balaban J connectivity index is 0.000000443. The molecule has 0 radical (unpaired) electrons. The van der Waals surface area contributed by atoms with Crippen molar-refractivity contribution in [3.63, 3.8) is 0 Å². The molecule has 1 aromatic rings. The molecule has 24 heavy (non-hydrogen) atoms. The lowest BCUT2D eigenvalue weighted by molar-refractivity contribution is 0.0736. The Hall–Kier alpha value is -1.43. The second-order valence-electron chi connectivity index (χ2n) is 4.91. The third-order valence-electron chi connectivity index (χ3n) is 3.38. The molecule has 0 atom stereocenters. The van der Waals surface area contributed by atoms with Crippen molar-refractivity contribution >= 4 is 5.91 Å². The molecule has 5 heteroatoms. The van der Waals surface area contributed by atoms with Gasteiger partial charge in [-0.2, -0.15) is 0 Å². The Morgan fingerprint density at radius 2 is 1.17 bits per heavy atom. The van der Waals surface area contributed by atoms with E-state index in [2.05, 4.69) is 16.0 Å². The average molecular weight is 337 g/mol. The molecule has 3 N–H and O–H groups in total. The van der Waals surface area contributed by atoms with Gasteiger partial charge in [-0.3, -0.25) is 4.79 Å². The van der Waals surface area contributed by atoms with Gasteiger partial charge in [-0.05, 0) is 12.1 Å². The second-order valence-corrected chi connectivity index (χ2v) is 4.91. The van der Waals surface area contributed by atoms with Gasteiger partial charge in [0.15, 0.2) is 0 Å². The molecule has 1 aromatic carbocycles. The molecule has 0 aromatic heterocycles. The highest BCUT2D eigenvalue weighted by molar-refractivity contribution is 5.94. The predicted octanol–water partition coefficient (Wildman–Crippen LogP) is 1.96. The van der Waals surface area contributed by atoms with Gasteiger partial charge in [0, 0.05) is 57.9 Å². The summed E-state index contributed by atoms with van der Waals surface area (Å²) in [6.07, 6.45) is 0. The molecule has 0 aliphatic carbocycles. The van der Waals surface area contributed by atoms with E-state index >= 15 is 0 Å². The fourth-order valence-corrected chi connectivity index (χ4v) is 2.23. The maximum atomic E-state index is 11.9. The molecule has 0 spiro atoms. The van der Waals surface area contributed by atoms with Gasteiger partial charge in [0.2, 0.25) is 0 Å². The number of rotatable bonds is 1. The van der Waals surface area contributed by atoms with Gasteiger partial charge < -0.3 is 20.9 Å².